The van der Waals surface area contributed by atoms with Crippen LogP contribution in [0.15, 0.2) is 0 Å². The van der Waals surface area contributed by atoms with Crippen LogP contribution in [0.4, 0.5) is 0 Å². The van der Waals surface area contributed by atoms with Crippen molar-refractivity contribution < 1.29 is 48.5 Å². The zero-order valence-corrected chi connectivity index (χ0v) is 29.0. The number of amides is 3. The lowest BCUT2D eigenvalue weighted by Gasteiger charge is -2.13. The molecule has 0 aromatic rings. The highest BCUT2D eigenvalue weighted by molar-refractivity contribution is 5.87. The van der Waals surface area contributed by atoms with Crippen molar-refractivity contribution in [1.82, 2.24) is 16.0 Å². The molecule has 13 nitrogen and oxygen atoms in total. The van der Waals surface area contributed by atoms with Gasteiger partial charge in [-0.1, -0.05) is 77.0 Å². The fraction of sp³-hybridized carbons (Fsp3) is 0.829. The molecule has 0 aliphatic rings. The predicted molar refractivity (Wildman–Crippen MR) is 182 cm³/mol. The average Bonchev–Trinajstić information content (AvgIpc) is 3.05. The minimum Gasteiger partial charge on any atom is -0.481 e. The Labute approximate surface area is 287 Å². The molecule has 0 saturated carbocycles. The number of unbranched alkanes of at least 4 members (excludes halogenated alkanes) is 13. The van der Waals surface area contributed by atoms with Crippen molar-refractivity contribution in [2.45, 2.75) is 147 Å². The molecule has 5 N–H and O–H groups in total. The van der Waals surface area contributed by atoms with Gasteiger partial charge in [0, 0.05) is 58.4 Å². The van der Waals surface area contributed by atoms with Gasteiger partial charge in [-0.05, 0) is 32.1 Å². The number of hydrogen-bond acceptors (Lipinski definition) is 8. The number of carboxylic acids is 2. The van der Waals surface area contributed by atoms with Gasteiger partial charge < -0.3 is 35.6 Å². The third-order valence-electron chi connectivity index (χ3n) is 7.74. The van der Waals surface area contributed by atoms with Gasteiger partial charge in [0.25, 0.3) is 0 Å². The summed E-state index contributed by atoms with van der Waals surface area (Å²) in [4.78, 5) is 67.5. The quantitative estimate of drug-likeness (QED) is 0.0582. The van der Waals surface area contributed by atoms with Gasteiger partial charge in [-0.2, -0.15) is 0 Å². The third kappa shape index (κ3) is 32.9. The van der Waals surface area contributed by atoms with Crippen molar-refractivity contribution in [2.75, 3.05) is 39.5 Å². The molecule has 1 atom stereocenters. The fourth-order valence-corrected chi connectivity index (χ4v) is 4.94. The van der Waals surface area contributed by atoms with Crippen LogP contribution in [0.2, 0.25) is 0 Å². The molecule has 0 unspecified atom stereocenters. The van der Waals surface area contributed by atoms with E-state index in [1.807, 2.05) is 0 Å². The lowest BCUT2D eigenvalue weighted by molar-refractivity contribution is -0.142. The Morgan fingerprint density at radius 1 is 0.521 bits per heavy atom. The second-order valence-corrected chi connectivity index (χ2v) is 12.1. The second kappa shape index (κ2) is 33.8. The Bertz CT molecular complexity index is 872. The van der Waals surface area contributed by atoms with Crippen LogP contribution < -0.4 is 16.0 Å². The summed E-state index contributed by atoms with van der Waals surface area (Å²) in [6.45, 7) is 2.81. The summed E-state index contributed by atoms with van der Waals surface area (Å²) in [6.07, 6.45) is 19.7. The Balaban J connectivity index is 3.39. The summed E-state index contributed by atoms with van der Waals surface area (Å²) in [7, 11) is 0. The van der Waals surface area contributed by atoms with Crippen LogP contribution in [-0.4, -0.2) is 91.7 Å². The van der Waals surface area contributed by atoms with Crippen LogP contribution in [0.25, 0.3) is 0 Å². The van der Waals surface area contributed by atoms with Gasteiger partial charge in [0.05, 0.1) is 13.2 Å². The van der Waals surface area contributed by atoms with Crippen LogP contribution in [0.3, 0.4) is 0 Å². The molecule has 0 saturated heterocycles. The highest BCUT2D eigenvalue weighted by Gasteiger charge is 2.19. The summed E-state index contributed by atoms with van der Waals surface area (Å²) < 4.78 is 11.0. The van der Waals surface area contributed by atoms with Gasteiger partial charge in [0.2, 0.25) is 17.7 Å². The van der Waals surface area contributed by atoms with E-state index in [0.717, 1.165) is 38.5 Å². The number of ether oxygens (including phenoxy) is 2. The lowest BCUT2D eigenvalue weighted by Crippen LogP contribution is -2.41. The zero-order valence-electron chi connectivity index (χ0n) is 29.0. The predicted octanol–water partition coefficient (Wildman–Crippen LogP) is 4.60. The van der Waals surface area contributed by atoms with E-state index in [1.165, 1.54) is 57.8 Å². The monoisotopic (exact) mass is 684 g/mol. The van der Waals surface area contributed by atoms with Crippen molar-refractivity contribution >= 4 is 35.9 Å². The largest absolute Gasteiger partial charge is 0.481 e. The van der Waals surface area contributed by atoms with Gasteiger partial charge >= 0.3 is 11.9 Å². The molecule has 0 fully saturated rings. The first-order chi connectivity index (χ1) is 23.3. The van der Waals surface area contributed by atoms with Crippen molar-refractivity contribution in [2.24, 2.45) is 0 Å². The first-order valence-corrected chi connectivity index (χ1v) is 18.0. The van der Waals surface area contributed by atoms with Crippen LogP contribution in [0.1, 0.15) is 141 Å². The summed E-state index contributed by atoms with van der Waals surface area (Å²) in [5.74, 6) is -2.73. The SMILES string of the molecule is O=[C]CC[C@H](NC(=O)CCC(=O)NCCCOCCOCCCNC(=O)CCCCCCCCCCCCCCCCC(=O)O)C(=O)O. The highest BCUT2D eigenvalue weighted by Crippen LogP contribution is 2.13. The van der Waals surface area contributed by atoms with Crippen molar-refractivity contribution in [1.29, 1.82) is 0 Å². The van der Waals surface area contributed by atoms with Crippen molar-refractivity contribution in [3.05, 3.63) is 0 Å². The lowest BCUT2D eigenvalue weighted by atomic mass is 10.0. The van der Waals surface area contributed by atoms with E-state index >= 15 is 0 Å². The topological polar surface area (TPSA) is 197 Å². The molecule has 0 aromatic heterocycles. The van der Waals surface area contributed by atoms with Gasteiger partial charge in [-0.3, -0.25) is 24.0 Å². The van der Waals surface area contributed by atoms with E-state index in [0.29, 0.717) is 58.8 Å². The summed E-state index contributed by atoms with van der Waals surface area (Å²) in [6, 6.07) is -1.18. The first kappa shape index (κ1) is 44.9. The van der Waals surface area contributed by atoms with Gasteiger partial charge in [-0.15, -0.1) is 0 Å². The first-order valence-electron chi connectivity index (χ1n) is 18.0. The van der Waals surface area contributed by atoms with Gasteiger partial charge in [0.1, 0.15) is 6.04 Å². The number of aliphatic carboxylic acids is 2. The number of rotatable bonds is 36. The van der Waals surface area contributed by atoms with E-state index in [4.69, 9.17) is 19.7 Å². The van der Waals surface area contributed by atoms with E-state index in [9.17, 15) is 28.8 Å². The van der Waals surface area contributed by atoms with Crippen LogP contribution in [0, 0.1) is 0 Å². The highest BCUT2D eigenvalue weighted by atomic mass is 16.5. The number of carbonyl (C=O) groups is 5. The van der Waals surface area contributed by atoms with E-state index in [1.54, 1.807) is 6.29 Å². The Kier molecular flexibility index (Phi) is 31.7. The maximum atomic E-state index is 12.0. The molecule has 48 heavy (non-hydrogen) atoms. The number of hydrogen-bond donors (Lipinski definition) is 5. The molecule has 1 radical (unpaired) electrons. The number of nitrogens with one attached hydrogen (secondary N) is 3. The molecular formula is C35H62N3O10. The molecule has 0 bridgehead atoms. The zero-order chi connectivity index (χ0) is 35.5. The Morgan fingerprint density at radius 3 is 1.38 bits per heavy atom. The maximum absolute atomic E-state index is 12.0. The molecule has 0 heterocycles. The smallest absolute Gasteiger partial charge is 0.326 e. The van der Waals surface area contributed by atoms with Crippen LogP contribution >= 0.6 is 0 Å². The van der Waals surface area contributed by atoms with Crippen LogP contribution in [0.5, 0.6) is 0 Å². The molecule has 3 amide bonds. The van der Waals surface area contributed by atoms with E-state index < -0.39 is 23.9 Å². The molecule has 0 rings (SSSR count). The molecule has 13 heteroatoms. The van der Waals surface area contributed by atoms with Crippen molar-refractivity contribution in [3.8, 4) is 0 Å². The summed E-state index contributed by atoms with van der Waals surface area (Å²) in [5.41, 5.74) is 0. The van der Waals surface area contributed by atoms with Crippen LogP contribution in [-0.2, 0) is 38.2 Å². The molecule has 0 aliphatic heterocycles. The summed E-state index contributed by atoms with van der Waals surface area (Å²) in [5, 5.41) is 25.6. The molecule has 0 aromatic carbocycles. The molecule has 277 valence electrons. The van der Waals surface area contributed by atoms with Gasteiger partial charge in [0.15, 0.2) is 6.29 Å². The summed E-state index contributed by atoms with van der Waals surface area (Å²) >= 11 is 0. The minimum absolute atomic E-state index is 0.0487. The number of carboxylic acid groups (broad SMARTS) is 2. The Morgan fingerprint density at radius 2 is 0.938 bits per heavy atom. The number of carbonyl (C=O) groups excluding carboxylic acids is 4. The third-order valence-corrected chi connectivity index (χ3v) is 7.74. The molecule has 0 aliphatic carbocycles. The van der Waals surface area contributed by atoms with Gasteiger partial charge in [-0.25, -0.2) is 4.79 Å². The molecular weight excluding hydrogens is 622 g/mol. The molecule has 0 spiro atoms. The van der Waals surface area contributed by atoms with E-state index in [2.05, 4.69) is 16.0 Å². The Hall–Kier alpha value is -3.06. The minimum atomic E-state index is -1.24. The average molecular weight is 685 g/mol. The van der Waals surface area contributed by atoms with Crippen molar-refractivity contribution in [3.63, 3.8) is 0 Å². The second-order valence-electron chi connectivity index (χ2n) is 12.1. The van der Waals surface area contributed by atoms with E-state index in [-0.39, 0.29) is 37.5 Å². The maximum Gasteiger partial charge on any atom is 0.326 e. The normalized spacial score (nSPS) is 11.5. The standard InChI is InChI=1S/C35H62N3O10/c39-25-15-18-30(35(45)46)38-33(42)22-21-32(41)37-24-17-27-48-29-28-47-26-16-23-36-31(40)19-13-11-9-7-5-3-1-2-4-6-8-10-12-14-20-34(43)44/h30H,1-24,26-29H2,(H,36,40)(H,37,41)(H,38,42)(H,43,44)(H,45,46)/t30-/m0/s1. The fourth-order valence-electron chi connectivity index (χ4n) is 4.94.